The van der Waals surface area contributed by atoms with Gasteiger partial charge in [0.05, 0.1) is 7.11 Å². The van der Waals surface area contributed by atoms with Crippen molar-refractivity contribution in [3.63, 3.8) is 0 Å². The molecule has 2 aromatic rings. The molecule has 0 bridgehead atoms. The van der Waals surface area contributed by atoms with Gasteiger partial charge < -0.3 is 20.1 Å². The van der Waals surface area contributed by atoms with Crippen LogP contribution >= 0.6 is 15.9 Å². The van der Waals surface area contributed by atoms with Crippen molar-refractivity contribution < 1.29 is 14.3 Å². The maximum absolute atomic E-state index is 11.9. The van der Waals surface area contributed by atoms with Crippen LogP contribution in [0.3, 0.4) is 0 Å². The summed E-state index contributed by atoms with van der Waals surface area (Å²) in [5.74, 6) is 1.36. The van der Waals surface area contributed by atoms with Gasteiger partial charge in [-0.15, -0.1) is 0 Å². The first-order chi connectivity index (χ1) is 12.2. The maximum Gasteiger partial charge on any atom is 0.258 e. The summed E-state index contributed by atoms with van der Waals surface area (Å²) in [6, 6.07) is 3.60. The lowest BCUT2D eigenvalue weighted by Gasteiger charge is -2.21. The second kappa shape index (κ2) is 8.35. The summed E-state index contributed by atoms with van der Waals surface area (Å²) in [6.07, 6.45) is 0. The minimum atomic E-state index is -0.310. The SMILES string of the molecule is COc1cc(CNc2nnnn2C)c(Br)cc1OCC(=O)NC(C)(C)C. The van der Waals surface area contributed by atoms with E-state index in [9.17, 15) is 4.79 Å². The van der Waals surface area contributed by atoms with E-state index >= 15 is 0 Å². The highest BCUT2D eigenvalue weighted by Gasteiger charge is 2.16. The Labute approximate surface area is 160 Å². The number of carbonyl (C=O) groups excluding carboxylic acids is 1. The molecule has 0 saturated heterocycles. The van der Waals surface area contributed by atoms with Crippen LogP contribution in [0, 0.1) is 0 Å². The van der Waals surface area contributed by atoms with Crippen LogP contribution in [0.25, 0.3) is 0 Å². The number of hydrogen-bond acceptors (Lipinski definition) is 7. The van der Waals surface area contributed by atoms with Crippen molar-refractivity contribution in [3.8, 4) is 11.5 Å². The molecule has 142 valence electrons. The molecule has 1 amide bonds. The van der Waals surface area contributed by atoms with Crippen molar-refractivity contribution >= 4 is 27.8 Å². The molecule has 2 N–H and O–H groups in total. The van der Waals surface area contributed by atoms with Crippen molar-refractivity contribution in [2.24, 2.45) is 7.05 Å². The number of methoxy groups -OCH3 is 1. The predicted octanol–water partition coefficient (Wildman–Crippen LogP) is 1.89. The fraction of sp³-hybridized carbons (Fsp3) is 0.500. The predicted molar refractivity (Wildman–Crippen MR) is 100 cm³/mol. The van der Waals surface area contributed by atoms with E-state index in [1.807, 2.05) is 26.8 Å². The quantitative estimate of drug-likeness (QED) is 0.696. The van der Waals surface area contributed by atoms with Crippen LogP contribution in [0.15, 0.2) is 16.6 Å². The van der Waals surface area contributed by atoms with Gasteiger partial charge in [-0.1, -0.05) is 21.0 Å². The molecule has 0 unspecified atom stereocenters. The zero-order chi connectivity index (χ0) is 19.3. The normalized spacial score (nSPS) is 11.2. The zero-order valence-electron chi connectivity index (χ0n) is 15.5. The Morgan fingerprint density at radius 1 is 1.31 bits per heavy atom. The molecule has 0 radical (unpaired) electrons. The van der Waals surface area contributed by atoms with E-state index < -0.39 is 0 Å². The molecule has 0 aliphatic heterocycles. The highest BCUT2D eigenvalue weighted by Crippen LogP contribution is 2.33. The Morgan fingerprint density at radius 3 is 2.62 bits per heavy atom. The summed E-state index contributed by atoms with van der Waals surface area (Å²) in [7, 11) is 3.30. The van der Waals surface area contributed by atoms with Crippen molar-refractivity contribution in [3.05, 3.63) is 22.2 Å². The number of nitrogens with one attached hydrogen (secondary N) is 2. The molecule has 0 aliphatic rings. The molecule has 0 spiro atoms. The number of hydrogen-bond donors (Lipinski definition) is 2. The van der Waals surface area contributed by atoms with E-state index in [1.165, 1.54) is 4.68 Å². The minimum absolute atomic E-state index is 0.0950. The van der Waals surface area contributed by atoms with Crippen LogP contribution in [0.4, 0.5) is 5.95 Å². The highest BCUT2D eigenvalue weighted by atomic mass is 79.9. The van der Waals surface area contributed by atoms with Gasteiger partial charge in [0, 0.05) is 23.6 Å². The Morgan fingerprint density at radius 2 is 2.04 bits per heavy atom. The van der Waals surface area contributed by atoms with E-state index in [4.69, 9.17) is 9.47 Å². The molecule has 0 fully saturated rings. The van der Waals surface area contributed by atoms with Crippen LogP contribution in [-0.2, 0) is 18.4 Å². The van der Waals surface area contributed by atoms with Gasteiger partial charge in [-0.3, -0.25) is 4.79 Å². The number of nitrogens with zero attached hydrogens (tertiary/aromatic N) is 4. The van der Waals surface area contributed by atoms with Crippen LogP contribution in [0.2, 0.25) is 0 Å². The lowest BCUT2D eigenvalue weighted by molar-refractivity contribution is -0.124. The maximum atomic E-state index is 11.9. The molecule has 26 heavy (non-hydrogen) atoms. The number of halogens is 1. The molecule has 10 heteroatoms. The standard InChI is InChI=1S/C16H23BrN6O3/c1-16(2,3)19-14(24)9-26-13-7-11(17)10(6-12(13)25-5)8-18-15-20-21-22-23(15)4/h6-7H,8-9H2,1-5H3,(H,19,24)(H,18,20,22). The lowest BCUT2D eigenvalue weighted by Crippen LogP contribution is -2.43. The van der Waals surface area contributed by atoms with E-state index in [2.05, 4.69) is 42.1 Å². The van der Waals surface area contributed by atoms with Gasteiger partial charge in [0.2, 0.25) is 5.95 Å². The Bertz CT molecular complexity index is 772. The number of aromatic nitrogens is 4. The number of tetrazole rings is 1. The fourth-order valence-corrected chi connectivity index (χ4v) is 2.60. The molecule has 0 aliphatic carbocycles. The molecule has 1 aromatic heterocycles. The van der Waals surface area contributed by atoms with Gasteiger partial charge in [0.1, 0.15) is 0 Å². The van der Waals surface area contributed by atoms with Crippen LogP contribution in [0.5, 0.6) is 11.5 Å². The first-order valence-electron chi connectivity index (χ1n) is 7.96. The number of carbonyl (C=O) groups is 1. The average Bonchev–Trinajstić information content (AvgIpc) is 2.95. The van der Waals surface area contributed by atoms with Crippen molar-refractivity contribution in [2.75, 3.05) is 19.0 Å². The second-order valence-electron chi connectivity index (χ2n) is 6.66. The molecule has 9 nitrogen and oxygen atoms in total. The third-order valence-corrected chi connectivity index (χ3v) is 4.00. The number of benzene rings is 1. The smallest absolute Gasteiger partial charge is 0.258 e. The highest BCUT2D eigenvalue weighted by molar-refractivity contribution is 9.10. The Kier molecular flexibility index (Phi) is 6.41. The van der Waals surface area contributed by atoms with E-state index in [1.54, 1.807) is 20.2 Å². The fourth-order valence-electron chi connectivity index (χ4n) is 2.14. The Balaban J connectivity index is 2.06. The first-order valence-corrected chi connectivity index (χ1v) is 8.75. The molecular formula is C16H23BrN6O3. The molecular weight excluding hydrogens is 404 g/mol. The topological polar surface area (TPSA) is 103 Å². The second-order valence-corrected chi connectivity index (χ2v) is 7.52. The number of ether oxygens (including phenoxy) is 2. The van der Waals surface area contributed by atoms with Gasteiger partial charge in [-0.25, -0.2) is 4.68 Å². The van der Waals surface area contributed by atoms with Crippen molar-refractivity contribution in [1.29, 1.82) is 0 Å². The number of rotatable bonds is 7. The molecule has 1 heterocycles. The summed E-state index contributed by atoms with van der Waals surface area (Å²) in [6.45, 7) is 6.13. The Hall–Kier alpha value is -2.36. The summed E-state index contributed by atoms with van der Waals surface area (Å²) >= 11 is 3.51. The monoisotopic (exact) mass is 426 g/mol. The van der Waals surface area contributed by atoms with E-state index in [0.29, 0.717) is 24.0 Å². The molecule has 1 aromatic carbocycles. The third kappa shape index (κ3) is 5.58. The van der Waals surface area contributed by atoms with E-state index in [0.717, 1.165) is 10.0 Å². The van der Waals surface area contributed by atoms with Crippen LogP contribution in [0.1, 0.15) is 26.3 Å². The summed E-state index contributed by atoms with van der Waals surface area (Å²) in [5, 5.41) is 17.2. The molecule has 2 rings (SSSR count). The van der Waals surface area contributed by atoms with Crippen molar-refractivity contribution in [1.82, 2.24) is 25.5 Å². The minimum Gasteiger partial charge on any atom is -0.493 e. The van der Waals surface area contributed by atoms with Gasteiger partial charge in [-0.05, 0) is 48.9 Å². The number of amides is 1. The first kappa shape index (κ1) is 20.0. The largest absolute Gasteiger partial charge is 0.493 e. The zero-order valence-corrected chi connectivity index (χ0v) is 17.0. The molecule has 0 saturated carbocycles. The van der Waals surface area contributed by atoms with E-state index in [-0.39, 0.29) is 18.1 Å². The lowest BCUT2D eigenvalue weighted by atomic mass is 10.1. The number of anilines is 1. The summed E-state index contributed by atoms with van der Waals surface area (Å²) < 4.78 is 13.4. The van der Waals surface area contributed by atoms with Gasteiger partial charge in [-0.2, -0.15) is 0 Å². The van der Waals surface area contributed by atoms with Crippen molar-refractivity contribution in [2.45, 2.75) is 32.9 Å². The van der Waals surface area contributed by atoms with Gasteiger partial charge >= 0.3 is 0 Å². The van der Waals surface area contributed by atoms with Crippen LogP contribution < -0.4 is 20.1 Å². The van der Waals surface area contributed by atoms with Crippen LogP contribution in [-0.4, -0.2) is 45.4 Å². The molecule has 0 atom stereocenters. The summed E-state index contributed by atoms with van der Waals surface area (Å²) in [5.41, 5.74) is 0.617. The van der Waals surface area contributed by atoms with Gasteiger partial charge in [0.25, 0.3) is 5.91 Å². The third-order valence-electron chi connectivity index (χ3n) is 3.26. The van der Waals surface area contributed by atoms with Gasteiger partial charge in [0.15, 0.2) is 18.1 Å². The summed E-state index contributed by atoms with van der Waals surface area (Å²) in [4.78, 5) is 11.9. The average molecular weight is 427 g/mol. The number of aryl methyl sites for hydroxylation is 1.